The SMILES string of the molecule is Cc1ccc(N2CCc3ncnc(Cl)c3C2)c(N)c1. The third kappa shape index (κ3) is 2.24. The molecule has 2 N–H and O–H groups in total. The van der Waals surface area contributed by atoms with Crippen molar-refractivity contribution in [2.75, 3.05) is 17.2 Å². The zero-order chi connectivity index (χ0) is 13.4. The highest BCUT2D eigenvalue weighted by Gasteiger charge is 2.21. The lowest BCUT2D eigenvalue weighted by Gasteiger charge is -2.31. The van der Waals surface area contributed by atoms with E-state index in [0.29, 0.717) is 11.7 Å². The third-order valence-electron chi connectivity index (χ3n) is 3.47. The van der Waals surface area contributed by atoms with Crippen LogP contribution in [0.2, 0.25) is 5.15 Å². The molecule has 4 nitrogen and oxygen atoms in total. The van der Waals surface area contributed by atoms with Gasteiger partial charge in [-0.05, 0) is 24.6 Å². The van der Waals surface area contributed by atoms with Gasteiger partial charge in [-0.1, -0.05) is 17.7 Å². The summed E-state index contributed by atoms with van der Waals surface area (Å²) >= 11 is 6.15. The van der Waals surface area contributed by atoms with E-state index in [0.717, 1.165) is 35.6 Å². The largest absolute Gasteiger partial charge is 0.397 e. The Morgan fingerprint density at radius 2 is 2.16 bits per heavy atom. The molecule has 1 aromatic heterocycles. The minimum Gasteiger partial charge on any atom is -0.397 e. The molecule has 0 amide bonds. The van der Waals surface area contributed by atoms with Crippen LogP contribution < -0.4 is 10.6 Å². The number of aromatic nitrogens is 2. The first-order valence-electron chi connectivity index (χ1n) is 6.24. The van der Waals surface area contributed by atoms with Gasteiger partial charge in [0.1, 0.15) is 11.5 Å². The Labute approximate surface area is 117 Å². The summed E-state index contributed by atoms with van der Waals surface area (Å²) in [6, 6.07) is 6.13. The molecule has 98 valence electrons. The van der Waals surface area contributed by atoms with Gasteiger partial charge in [-0.15, -0.1) is 0 Å². The van der Waals surface area contributed by atoms with E-state index in [9.17, 15) is 0 Å². The minimum atomic E-state index is 0.542. The first-order chi connectivity index (χ1) is 9.15. The molecule has 2 aromatic rings. The van der Waals surface area contributed by atoms with Gasteiger partial charge in [0.15, 0.2) is 0 Å². The van der Waals surface area contributed by atoms with Crippen LogP contribution in [-0.2, 0) is 13.0 Å². The van der Waals surface area contributed by atoms with Crippen LogP contribution in [0.25, 0.3) is 0 Å². The second kappa shape index (κ2) is 4.70. The lowest BCUT2D eigenvalue weighted by molar-refractivity contribution is 0.706. The van der Waals surface area contributed by atoms with Crippen molar-refractivity contribution in [2.45, 2.75) is 19.9 Å². The van der Waals surface area contributed by atoms with Crippen LogP contribution in [0, 0.1) is 6.92 Å². The van der Waals surface area contributed by atoms with Gasteiger partial charge in [-0.3, -0.25) is 0 Å². The van der Waals surface area contributed by atoms with Crippen molar-refractivity contribution in [3.8, 4) is 0 Å². The van der Waals surface area contributed by atoms with Crippen LogP contribution >= 0.6 is 11.6 Å². The van der Waals surface area contributed by atoms with Gasteiger partial charge in [-0.25, -0.2) is 9.97 Å². The number of hydrogen-bond acceptors (Lipinski definition) is 4. The molecule has 19 heavy (non-hydrogen) atoms. The summed E-state index contributed by atoms with van der Waals surface area (Å²) in [5, 5.41) is 0.542. The lowest BCUT2D eigenvalue weighted by Crippen LogP contribution is -2.32. The van der Waals surface area contributed by atoms with E-state index in [4.69, 9.17) is 17.3 Å². The number of hydrogen-bond donors (Lipinski definition) is 1. The second-order valence-electron chi connectivity index (χ2n) is 4.82. The van der Waals surface area contributed by atoms with Crippen molar-refractivity contribution < 1.29 is 0 Å². The molecule has 0 unspecified atom stereocenters. The summed E-state index contributed by atoms with van der Waals surface area (Å²) in [6.45, 7) is 3.65. The molecule has 2 heterocycles. The first-order valence-corrected chi connectivity index (χ1v) is 6.62. The molecule has 0 radical (unpaired) electrons. The van der Waals surface area contributed by atoms with E-state index >= 15 is 0 Å². The predicted octanol–water partition coefficient (Wildman–Crippen LogP) is 2.58. The Morgan fingerprint density at radius 1 is 1.32 bits per heavy atom. The summed E-state index contributed by atoms with van der Waals surface area (Å²) in [5.74, 6) is 0. The number of aryl methyl sites for hydroxylation is 1. The van der Waals surface area contributed by atoms with Crippen LogP contribution in [0.15, 0.2) is 24.5 Å². The molecule has 0 spiro atoms. The summed E-state index contributed by atoms with van der Waals surface area (Å²) in [5.41, 5.74) is 11.2. The van der Waals surface area contributed by atoms with Crippen molar-refractivity contribution in [3.05, 3.63) is 46.5 Å². The first kappa shape index (κ1) is 12.2. The summed E-state index contributed by atoms with van der Waals surface area (Å²) in [7, 11) is 0. The molecule has 1 aliphatic heterocycles. The van der Waals surface area contributed by atoms with E-state index in [1.807, 2.05) is 13.0 Å². The van der Waals surface area contributed by atoms with E-state index in [2.05, 4.69) is 27.0 Å². The second-order valence-corrected chi connectivity index (χ2v) is 5.18. The molecule has 5 heteroatoms. The Balaban J connectivity index is 1.95. The quantitative estimate of drug-likeness (QED) is 0.641. The maximum atomic E-state index is 6.15. The average molecular weight is 275 g/mol. The van der Waals surface area contributed by atoms with Crippen molar-refractivity contribution >= 4 is 23.0 Å². The standard InChI is InChI=1S/C14H15ClN4/c1-9-2-3-13(11(16)6-9)19-5-4-12-10(7-19)14(15)18-8-17-12/h2-3,6,8H,4-5,7,16H2,1H3. The summed E-state index contributed by atoms with van der Waals surface area (Å²) in [4.78, 5) is 10.6. The Morgan fingerprint density at radius 3 is 2.95 bits per heavy atom. The molecular formula is C14H15ClN4. The maximum Gasteiger partial charge on any atom is 0.137 e. The van der Waals surface area contributed by atoms with Gasteiger partial charge in [-0.2, -0.15) is 0 Å². The van der Waals surface area contributed by atoms with Crippen LogP contribution in [0.1, 0.15) is 16.8 Å². The van der Waals surface area contributed by atoms with Crippen LogP contribution in [-0.4, -0.2) is 16.5 Å². The highest BCUT2D eigenvalue weighted by Crippen LogP contribution is 2.30. The fourth-order valence-corrected chi connectivity index (χ4v) is 2.69. The summed E-state index contributed by atoms with van der Waals surface area (Å²) < 4.78 is 0. The fraction of sp³-hybridized carbons (Fsp3) is 0.286. The predicted molar refractivity (Wildman–Crippen MR) is 77.4 cm³/mol. The molecule has 0 fully saturated rings. The van der Waals surface area contributed by atoms with Gasteiger partial charge in [0.25, 0.3) is 0 Å². The van der Waals surface area contributed by atoms with Gasteiger partial charge in [0.2, 0.25) is 0 Å². The highest BCUT2D eigenvalue weighted by atomic mass is 35.5. The molecule has 3 rings (SSSR count). The molecule has 1 aliphatic rings. The average Bonchev–Trinajstić information content (AvgIpc) is 2.39. The topological polar surface area (TPSA) is 55.0 Å². The molecular weight excluding hydrogens is 260 g/mol. The Kier molecular flexibility index (Phi) is 3.03. The van der Waals surface area contributed by atoms with Gasteiger partial charge >= 0.3 is 0 Å². The molecule has 0 aliphatic carbocycles. The number of benzene rings is 1. The number of nitrogens with zero attached hydrogens (tertiary/aromatic N) is 3. The minimum absolute atomic E-state index is 0.542. The normalized spacial score (nSPS) is 14.3. The van der Waals surface area contributed by atoms with Crippen molar-refractivity contribution in [2.24, 2.45) is 0 Å². The zero-order valence-electron chi connectivity index (χ0n) is 10.7. The summed E-state index contributed by atoms with van der Waals surface area (Å²) in [6.07, 6.45) is 2.39. The van der Waals surface area contributed by atoms with E-state index in [1.165, 1.54) is 11.9 Å². The van der Waals surface area contributed by atoms with Crippen LogP contribution in [0.3, 0.4) is 0 Å². The highest BCUT2D eigenvalue weighted by molar-refractivity contribution is 6.30. The lowest BCUT2D eigenvalue weighted by atomic mass is 10.1. The smallest absolute Gasteiger partial charge is 0.137 e. The molecule has 0 bridgehead atoms. The van der Waals surface area contributed by atoms with E-state index < -0.39 is 0 Å². The maximum absolute atomic E-state index is 6.15. The van der Waals surface area contributed by atoms with Gasteiger partial charge in [0, 0.05) is 25.1 Å². The number of rotatable bonds is 1. The van der Waals surface area contributed by atoms with Crippen molar-refractivity contribution in [3.63, 3.8) is 0 Å². The molecule has 0 saturated carbocycles. The number of anilines is 2. The fourth-order valence-electron chi connectivity index (χ4n) is 2.47. The van der Waals surface area contributed by atoms with Gasteiger partial charge < -0.3 is 10.6 Å². The number of halogens is 1. The van der Waals surface area contributed by atoms with Crippen molar-refractivity contribution in [1.82, 2.24) is 9.97 Å². The van der Waals surface area contributed by atoms with Crippen LogP contribution in [0.4, 0.5) is 11.4 Å². The van der Waals surface area contributed by atoms with E-state index in [1.54, 1.807) is 0 Å². The van der Waals surface area contributed by atoms with E-state index in [-0.39, 0.29) is 0 Å². The van der Waals surface area contributed by atoms with Crippen LogP contribution in [0.5, 0.6) is 0 Å². The number of nitrogen functional groups attached to an aromatic ring is 1. The zero-order valence-corrected chi connectivity index (χ0v) is 11.5. The molecule has 0 saturated heterocycles. The number of nitrogens with two attached hydrogens (primary N) is 1. The Hall–Kier alpha value is -1.81. The van der Waals surface area contributed by atoms with Crippen molar-refractivity contribution in [1.29, 1.82) is 0 Å². The number of fused-ring (bicyclic) bond motifs is 1. The van der Waals surface area contributed by atoms with Gasteiger partial charge in [0.05, 0.1) is 17.1 Å². The molecule has 1 aromatic carbocycles. The third-order valence-corrected chi connectivity index (χ3v) is 3.80. The Bertz CT molecular complexity index is 627. The molecule has 0 atom stereocenters. The monoisotopic (exact) mass is 274 g/mol.